The molecule has 0 aliphatic heterocycles. The zero-order valence-electron chi connectivity index (χ0n) is 10.8. The van der Waals surface area contributed by atoms with Crippen molar-refractivity contribution in [2.24, 2.45) is 0 Å². The Balaban J connectivity index is 3.47. The van der Waals surface area contributed by atoms with Gasteiger partial charge in [0.15, 0.2) is 9.84 Å². The van der Waals surface area contributed by atoms with E-state index >= 15 is 0 Å². The summed E-state index contributed by atoms with van der Waals surface area (Å²) in [5.74, 6) is -0.299. The van der Waals surface area contributed by atoms with Crippen molar-refractivity contribution >= 4 is 37.8 Å². The van der Waals surface area contributed by atoms with Crippen LogP contribution in [0.15, 0.2) is 4.90 Å². The van der Waals surface area contributed by atoms with Crippen molar-refractivity contribution in [3.63, 3.8) is 0 Å². The molecule has 0 aliphatic carbocycles. The van der Waals surface area contributed by atoms with Crippen LogP contribution in [0.1, 0.15) is 16.6 Å². The van der Waals surface area contributed by atoms with Crippen molar-refractivity contribution in [2.75, 3.05) is 37.9 Å². The van der Waals surface area contributed by atoms with E-state index in [1.807, 2.05) is 6.92 Å². The smallest absolute Gasteiger partial charge is 0.265 e. The Morgan fingerprint density at radius 1 is 1.44 bits per heavy atom. The first kappa shape index (κ1) is 14.8. The van der Waals surface area contributed by atoms with Gasteiger partial charge in [-0.3, -0.25) is 4.79 Å². The minimum atomic E-state index is -3.47. The molecule has 0 unspecified atom stereocenters. The first-order valence-corrected chi connectivity index (χ1v) is 7.98. The van der Waals surface area contributed by atoms with Crippen LogP contribution in [0.25, 0.3) is 0 Å². The van der Waals surface area contributed by atoms with E-state index in [0.29, 0.717) is 11.5 Å². The van der Waals surface area contributed by atoms with Gasteiger partial charge in [0.05, 0.1) is 5.69 Å². The fourth-order valence-corrected chi connectivity index (χ4v) is 4.10. The second-order valence-corrected chi connectivity index (χ2v) is 6.98. The largest absolute Gasteiger partial charge is 0.396 e. The van der Waals surface area contributed by atoms with Gasteiger partial charge in [-0.1, -0.05) is 0 Å². The Morgan fingerprint density at radius 3 is 2.39 bits per heavy atom. The van der Waals surface area contributed by atoms with Crippen molar-refractivity contribution in [3.8, 4) is 0 Å². The molecule has 0 aromatic carbocycles. The summed E-state index contributed by atoms with van der Waals surface area (Å²) in [6, 6.07) is 0. The normalized spacial score (nSPS) is 11.3. The lowest BCUT2D eigenvalue weighted by molar-refractivity contribution is 0.0833. The Morgan fingerprint density at radius 2 is 2.00 bits per heavy atom. The van der Waals surface area contributed by atoms with Crippen molar-refractivity contribution in [3.05, 3.63) is 4.88 Å². The SMILES string of the molecule is CCNc1sc(C(=O)N(C)C)c(N)c1S(C)(=O)=O. The van der Waals surface area contributed by atoms with E-state index in [2.05, 4.69) is 5.32 Å². The topological polar surface area (TPSA) is 92.5 Å². The summed E-state index contributed by atoms with van der Waals surface area (Å²) in [6.07, 6.45) is 1.08. The van der Waals surface area contributed by atoms with Crippen molar-refractivity contribution < 1.29 is 13.2 Å². The van der Waals surface area contributed by atoms with Crippen molar-refractivity contribution in [1.82, 2.24) is 4.90 Å². The first-order valence-electron chi connectivity index (χ1n) is 5.28. The molecule has 102 valence electrons. The van der Waals surface area contributed by atoms with Crippen LogP contribution in [0.4, 0.5) is 10.7 Å². The average Bonchev–Trinajstić information content (AvgIpc) is 2.54. The minimum Gasteiger partial charge on any atom is -0.396 e. The maximum absolute atomic E-state index is 11.9. The molecule has 1 heterocycles. The van der Waals surface area contributed by atoms with Gasteiger partial charge in [-0.15, -0.1) is 11.3 Å². The lowest BCUT2D eigenvalue weighted by atomic mass is 10.3. The van der Waals surface area contributed by atoms with Crippen LogP contribution in [-0.2, 0) is 9.84 Å². The zero-order valence-corrected chi connectivity index (χ0v) is 12.4. The lowest BCUT2D eigenvalue weighted by Crippen LogP contribution is -2.21. The van der Waals surface area contributed by atoms with Gasteiger partial charge in [-0.05, 0) is 6.92 Å². The fraction of sp³-hybridized carbons (Fsp3) is 0.500. The van der Waals surface area contributed by atoms with Gasteiger partial charge in [-0.25, -0.2) is 8.42 Å². The third kappa shape index (κ3) is 2.75. The van der Waals surface area contributed by atoms with Crippen LogP contribution in [0.3, 0.4) is 0 Å². The van der Waals surface area contributed by atoms with Gasteiger partial charge in [-0.2, -0.15) is 0 Å². The highest BCUT2D eigenvalue weighted by atomic mass is 32.2. The second-order valence-electron chi connectivity index (χ2n) is 4.01. The van der Waals surface area contributed by atoms with Gasteiger partial charge in [0.1, 0.15) is 14.8 Å². The number of thiophene rings is 1. The summed E-state index contributed by atoms with van der Waals surface area (Å²) in [7, 11) is -0.289. The zero-order chi connectivity index (χ0) is 14.1. The first-order chi connectivity index (χ1) is 8.20. The van der Waals surface area contributed by atoms with Crippen LogP contribution < -0.4 is 11.1 Å². The quantitative estimate of drug-likeness (QED) is 0.858. The Hall–Kier alpha value is -1.28. The molecule has 0 aliphatic rings. The van der Waals surface area contributed by atoms with Crippen LogP contribution in [0.5, 0.6) is 0 Å². The summed E-state index contributed by atoms with van der Waals surface area (Å²) in [6.45, 7) is 2.40. The molecule has 18 heavy (non-hydrogen) atoms. The number of amides is 1. The molecule has 0 saturated heterocycles. The van der Waals surface area contributed by atoms with E-state index in [1.54, 1.807) is 14.1 Å². The number of rotatable bonds is 4. The predicted molar refractivity (Wildman–Crippen MR) is 74.0 cm³/mol. The number of hydrogen-bond acceptors (Lipinski definition) is 6. The highest BCUT2D eigenvalue weighted by molar-refractivity contribution is 7.91. The van der Waals surface area contributed by atoms with E-state index in [1.165, 1.54) is 4.90 Å². The standard InChI is InChI=1S/C10H17N3O3S2/c1-5-12-9-8(18(4,15)16)6(11)7(17-9)10(14)13(2)3/h12H,5,11H2,1-4H3. The summed E-state index contributed by atoms with van der Waals surface area (Å²) < 4.78 is 23.4. The molecule has 0 bridgehead atoms. The van der Waals surface area contributed by atoms with Crippen LogP contribution in [-0.4, -0.2) is 46.1 Å². The molecule has 1 rings (SSSR count). The highest BCUT2D eigenvalue weighted by Gasteiger charge is 2.27. The average molecular weight is 291 g/mol. The van der Waals surface area contributed by atoms with E-state index in [-0.39, 0.29) is 21.4 Å². The fourth-order valence-electron chi connectivity index (χ4n) is 1.44. The summed E-state index contributed by atoms with van der Waals surface area (Å²) in [5.41, 5.74) is 5.83. The minimum absolute atomic E-state index is 0.0135. The number of nitrogens with two attached hydrogens (primary N) is 1. The van der Waals surface area contributed by atoms with Gasteiger partial charge in [0, 0.05) is 26.9 Å². The van der Waals surface area contributed by atoms with E-state index in [9.17, 15) is 13.2 Å². The lowest BCUT2D eigenvalue weighted by Gasteiger charge is -2.08. The van der Waals surface area contributed by atoms with Crippen LogP contribution in [0, 0.1) is 0 Å². The number of nitrogens with one attached hydrogen (secondary N) is 1. The monoisotopic (exact) mass is 291 g/mol. The van der Waals surface area contributed by atoms with Gasteiger partial charge < -0.3 is 16.0 Å². The molecule has 3 N–H and O–H groups in total. The summed E-state index contributed by atoms with van der Waals surface area (Å²) in [5, 5.41) is 3.35. The third-order valence-electron chi connectivity index (χ3n) is 2.21. The van der Waals surface area contributed by atoms with E-state index in [0.717, 1.165) is 17.6 Å². The second kappa shape index (κ2) is 5.15. The molecule has 1 aromatic rings. The number of carbonyl (C=O) groups is 1. The molecule has 0 atom stereocenters. The molecule has 0 fully saturated rings. The molecule has 6 nitrogen and oxygen atoms in total. The number of nitrogens with zero attached hydrogens (tertiary/aromatic N) is 1. The molecule has 0 spiro atoms. The van der Waals surface area contributed by atoms with Crippen molar-refractivity contribution in [2.45, 2.75) is 11.8 Å². The summed E-state index contributed by atoms with van der Waals surface area (Å²) in [4.78, 5) is 13.5. The Bertz CT molecular complexity index is 561. The predicted octanol–water partition coefficient (Wildman–Crippen LogP) is 0.867. The van der Waals surface area contributed by atoms with Crippen LogP contribution in [0.2, 0.25) is 0 Å². The molecule has 1 aromatic heterocycles. The number of sulfone groups is 1. The van der Waals surface area contributed by atoms with Crippen LogP contribution >= 0.6 is 11.3 Å². The third-order valence-corrected chi connectivity index (χ3v) is 4.65. The summed E-state index contributed by atoms with van der Waals surface area (Å²) >= 11 is 1.07. The molecule has 0 radical (unpaired) electrons. The number of anilines is 2. The maximum Gasteiger partial charge on any atom is 0.265 e. The maximum atomic E-state index is 11.9. The highest BCUT2D eigenvalue weighted by Crippen LogP contribution is 2.39. The number of carbonyl (C=O) groups excluding carboxylic acids is 1. The molecular formula is C10H17N3O3S2. The Kier molecular flexibility index (Phi) is 4.23. The Labute approximate surface area is 111 Å². The number of nitrogen functional groups attached to an aromatic ring is 1. The van der Waals surface area contributed by atoms with Crippen molar-refractivity contribution in [1.29, 1.82) is 0 Å². The van der Waals surface area contributed by atoms with Gasteiger partial charge in [0.2, 0.25) is 0 Å². The number of hydrogen-bond donors (Lipinski definition) is 2. The molecule has 8 heteroatoms. The van der Waals surface area contributed by atoms with E-state index < -0.39 is 9.84 Å². The van der Waals surface area contributed by atoms with E-state index in [4.69, 9.17) is 5.73 Å². The molecule has 1 amide bonds. The molecule has 0 saturated carbocycles. The van der Waals surface area contributed by atoms with Gasteiger partial charge in [0.25, 0.3) is 5.91 Å². The van der Waals surface area contributed by atoms with Gasteiger partial charge >= 0.3 is 0 Å². The molecular weight excluding hydrogens is 274 g/mol.